The van der Waals surface area contributed by atoms with Gasteiger partial charge in [-0.2, -0.15) is 0 Å². The fraction of sp³-hybridized carbons (Fsp3) is 0.800. The van der Waals surface area contributed by atoms with E-state index in [-0.39, 0.29) is 11.8 Å². The minimum absolute atomic E-state index is 0.104. The highest BCUT2D eigenvalue weighted by atomic mass is 16.2. The molecule has 0 spiro atoms. The summed E-state index contributed by atoms with van der Waals surface area (Å²) in [5, 5.41) is 0. The van der Waals surface area contributed by atoms with Crippen LogP contribution in [0.1, 0.15) is 46.5 Å². The van der Waals surface area contributed by atoms with E-state index in [2.05, 4.69) is 30.2 Å². The smallest absolute Gasteiger partial charge is 0.236 e. The van der Waals surface area contributed by atoms with Gasteiger partial charge in [-0.15, -0.1) is 0 Å². The van der Waals surface area contributed by atoms with Gasteiger partial charge in [0.25, 0.3) is 0 Å². The Morgan fingerprint density at radius 1 is 1.08 bits per heavy atom. The van der Waals surface area contributed by atoms with Gasteiger partial charge in [0.05, 0.1) is 6.54 Å². The number of nitrogens with zero attached hydrogens (tertiary/aromatic N) is 3. The maximum atomic E-state index is 12.7. The van der Waals surface area contributed by atoms with Crippen molar-refractivity contribution in [2.24, 2.45) is 11.8 Å². The molecule has 0 aromatic heterocycles. The average Bonchev–Trinajstić information content (AvgIpc) is 2.60. The van der Waals surface area contributed by atoms with Crippen molar-refractivity contribution in [3.8, 4) is 0 Å². The topological polar surface area (TPSA) is 43.9 Å². The van der Waals surface area contributed by atoms with Gasteiger partial charge < -0.3 is 9.80 Å². The Morgan fingerprint density at radius 3 is 2.32 bits per heavy atom. The molecule has 2 saturated heterocycles. The van der Waals surface area contributed by atoms with Gasteiger partial charge in [-0.05, 0) is 45.1 Å². The summed E-state index contributed by atoms with van der Waals surface area (Å²) in [5.41, 5.74) is 1.08. The molecule has 2 fully saturated rings. The van der Waals surface area contributed by atoms with E-state index in [0.717, 1.165) is 51.0 Å². The Balaban J connectivity index is 1.79. The molecule has 25 heavy (non-hydrogen) atoms. The SMILES string of the molecule is C=C(C)CN(CC)CC(=O)N1CCC(C(=O)N2CCCC(C)C2)CC1. The van der Waals surface area contributed by atoms with Crippen molar-refractivity contribution in [2.75, 3.05) is 45.8 Å². The van der Waals surface area contributed by atoms with Crippen LogP contribution in [0.5, 0.6) is 0 Å². The molecule has 0 N–H and O–H groups in total. The van der Waals surface area contributed by atoms with Gasteiger partial charge in [-0.25, -0.2) is 0 Å². The van der Waals surface area contributed by atoms with Gasteiger partial charge in [0.1, 0.15) is 0 Å². The van der Waals surface area contributed by atoms with Crippen LogP contribution in [0.15, 0.2) is 12.2 Å². The summed E-state index contributed by atoms with van der Waals surface area (Å²) >= 11 is 0. The van der Waals surface area contributed by atoms with Crippen molar-refractivity contribution >= 4 is 11.8 Å². The lowest BCUT2D eigenvalue weighted by Gasteiger charge is -2.37. The summed E-state index contributed by atoms with van der Waals surface area (Å²) in [6, 6.07) is 0. The monoisotopic (exact) mass is 349 g/mol. The third-order valence-electron chi connectivity index (χ3n) is 5.47. The van der Waals surface area contributed by atoms with E-state index in [1.54, 1.807) is 0 Å². The lowest BCUT2D eigenvalue weighted by atomic mass is 9.92. The molecule has 2 aliphatic heterocycles. The van der Waals surface area contributed by atoms with Crippen LogP contribution in [0, 0.1) is 11.8 Å². The molecular weight excluding hydrogens is 314 g/mol. The Bertz CT molecular complexity index is 483. The van der Waals surface area contributed by atoms with Crippen molar-refractivity contribution < 1.29 is 9.59 Å². The fourth-order valence-electron chi connectivity index (χ4n) is 3.98. The molecule has 5 heteroatoms. The molecule has 0 radical (unpaired) electrons. The minimum Gasteiger partial charge on any atom is -0.342 e. The lowest BCUT2D eigenvalue weighted by molar-refractivity contribution is -0.142. The van der Waals surface area contributed by atoms with Crippen LogP contribution in [-0.2, 0) is 9.59 Å². The van der Waals surface area contributed by atoms with Gasteiger partial charge in [0.2, 0.25) is 11.8 Å². The van der Waals surface area contributed by atoms with E-state index in [1.807, 2.05) is 11.8 Å². The molecule has 1 unspecified atom stereocenters. The van der Waals surface area contributed by atoms with Gasteiger partial charge in [0.15, 0.2) is 0 Å². The lowest BCUT2D eigenvalue weighted by Crippen LogP contribution is -2.48. The molecule has 0 aliphatic carbocycles. The number of rotatable bonds is 6. The van der Waals surface area contributed by atoms with Crippen molar-refractivity contribution in [1.29, 1.82) is 0 Å². The molecule has 0 aromatic carbocycles. The maximum Gasteiger partial charge on any atom is 0.236 e. The predicted molar refractivity (Wildman–Crippen MR) is 101 cm³/mol. The second-order valence-corrected chi connectivity index (χ2v) is 7.95. The zero-order chi connectivity index (χ0) is 18.4. The zero-order valence-corrected chi connectivity index (χ0v) is 16.3. The first-order valence-corrected chi connectivity index (χ1v) is 9.84. The van der Waals surface area contributed by atoms with Gasteiger partial charge >= 0.3 is 0 Å². The number of carbonyl (C=O) groups excluding carboxylic acids is 2. The van der Waals surface area contributed by atoms with Crippen LogP contribution in [0.3, 0.4) is 0 Å². The number of hydrogen-bond donors (Lipinski definition) is 0. The first kappa shape index (κ1) is 20.0. The molecule has 2 aliphatic rings. The normalized spacial score (nSPS) is 22.3. The minimum atomic E-state index is 0.104. The van der Waals surface area contributed by atoms with Crippen LogP contribution in [0.4, 0.5) is 0 Å². The first-order valence-electron chi connectivity index (χ1n) is 9.84. The number of likely N-dealkylation sites (tertiary alicyclic amines) is 2. The highest BCUT2D eigenvalue weighted by Gasteiger charge is 2.31. The van der Waals surface area contributed by atoms with Crippen LogP contribution in [0.25, 0.3) is 0 Å². The molecule has 0 aromatic rings. The van der Waals surface area contributed by atoms with Gasteiger partial charge in [-0.3, -0.25) is 14.5 Å². The van der Waals surface area contributed by atoms with E-state index in [0.29, 0.717) is 31.5 Å². The molecule has 0 bridgehead atoms. The molecule has 2 heterocycles. The zero-order valence-electron chi connectivity index (χ0n) is 16.3. The van der Waals surface area contributed by atoms with E-state index in [4.69, 9.17) is 0 Å². The largest absolute Gasteiger partial charge is 0.342 e. The van der Waals surface area contributed by atoms with Gasteiger partial charge in [0, 0.05) is 38.6 Å². The first-order chi connectivity index (χ1) is 11.9. The second kappa shape index (κ2) is 9.37. The van der Waals surface area contributed by atoms with Crippen molar-refractivity contribution in [1.82, 2.24) is 14.7 Å². The Labute approximate surface area is 153 Å². The fourth-order valence-corrected chi connectivity index (χ4v) is 3.98. The molecule has 2 rings (SSSR count). The molecule has 2 amide bonds. The van der Waals surface area contributed by atoms with Crippen LogP contribution in [0.2, 0.25) is 0 Å². The Kier molecular flexibility index (Phi) is 7.48. The van der Waals surface area contributed by atoms with Crippen LogP contribution < -0.4 is 0 Å². The van der Waals surface area contributed by atoms with Crippen LogP contribution >= 0.6 is 0 Å². The third-order valence-corrected chi connectivity index (χ3v) is 5.47. The van der Waals surface area contributed by atoms with Crippen molar-refractivity contribution in [2.45, 2.75) is 46.5 Å². The number of likely N-dealkylation sites (N-methyl/N-ethyl adjacent to an activating group) is 1. The molecule has 5 nitrogen and oxygen atoms in total. The number of carbonyl (C=O) groups is 2. The molecular formula is C20H35N3O2. The summed E-state index contributed by atoms with van der Waals surface area (Å²) in [5.74, 6) is 1.22. The second-order valence-electron chi connectivity index (χ2n) is 7.95. The molecule has 0 saturated carbocycles. The van der Waals surface area contributed by atoms with E-state index in [1.165, 1.54) is 6.42 Å². The van der Waals surface area contributed by atoms with E-state index >= 15 is 0 Å². The van der Waals surface area contributed by atoms with Crippen molar-refractivity contribution in [3.63, 3.8) is 0 Å². The quantitative estimate of drug-likeness (QED) is 0.692. The summed E-state index contributed by atoms with van der Waals surface area (Å²) < 4.78 is 0. The highest BCUT2D eigenvalue weighted by Crippen LogP contribution is 2.23. The number of piperidine rings is 2. The van der Waals surface area contributed by atoms with Crippen LogP contribution in [-0.4, -0.2) is 72.3 Å². The summed E-state index contributed by atoms with van der Waals surface area (Å²) in [7, 11) is 0. The predicted octanol–water partition coefficient (Wildman–Crippen LogP) is 2.38. The Morgan fingerprint density at radius 2 is 1.76 bits per heavy atom. The molecule has 142 valence electrons. The third kappa shape index (κ3) is 5.84. The number of hydrogen-bond acceptors (Lipinski definition) is 3. The van der Waals surface area contributed by atoms with E-state index < -0.39 is 0 Å². The average molecular weight is 350 g/mol. The Hall–Kier alpha value is -1.36. The maximum absolute atomic E-state index is 12.7. The summed E-state index contributed by atoms with van der Waals surface area (Å²) in [4.78, 5) is 31.4. The molecule has 1 atom stereocenters. The highest BCUT2D eigenvalue weighted by molar-refractivity contribution is 5.81. The van der Waals surface area contributed by atoms with Crippen molar-refractivity contribution in [3.05, 3.63) is 12.2 Å². The standard InChI is InChI=1S/C20H35N3O2/c1-5-21(13-16(2)3)15-19(24)22-11-8-18(9-12-22)20(25)23-10-6-7-17(4)14-23/h17-18H,2,5-15H2,1,3-4H3. The van der Waals surface area contributed by atoms with E-state index in [9.17, 15) is 9.59 Å². The summed E-state index contributed by atoms with van der Waals surface area (Å²) in [6.07, 6.45) is 3.97. The van der Waals surface area contributed by atoms with Gasteiger partial charge in [-0.1, -0.05) is 26.0 Å². The summed E-state index contributed by atoms with van der Waals surface area (Å²) in [6.45, 7) is 15.5. The number of amides is 2.